The van der Waals surface area contributed by atoms with Crippen LogP contribution in [0.3, 0.4) is 0 Å². The zero-order valence-corrected chi connectivity index (χ0v) is 10.7. The number of carbonyl (C=O) groups excluding carboxylic acids is 1. The van der Waals surface area contributed by atoms with E-state index in [1.807, 2.05) is 6.92 Å². The fourth-order valence-electron chi connectivity index (χ4n) is 1.45. The predicted octanol–water partition coefficient (Wildman–Crippen LogP) is 1.68. The first kappa shape index (κ1) is 14.1. The highest BCUT2D eigenvalue weighted by Crippen LogP contribution is 2.21. The fourth-order valence-corrected chi connectivity index (χ4v) is 1.45. The Morgan fingerprint density at radius 2 is 1.94 bits per heavy atom. The monoisotopic (exact) mass is 251 g/mol. The van der Waals surface area contributed by atoms with Crippen LogP contribution in [0, 0.1) is 10.1 Å². The van der Waals surface area contributed by atoms with E-state index in [9.17, 15) is 14.9 Å². The maximum atomic E-state index is 12.1. The number of nitrogens with zero attached hydrogens (tertiary/aromatic N) is 2. The molecule has 0 aliphatic rings. The van der Waals surface area contributed by atoms with Crippen molar-refractivity contribution in [2.45, 2.75) is 25.8 Å². The Bertz CT molecular complexity index is 454. The van der Waals surface area contributed by atoms with Gasteiger partial charge in [-0.25, -0.2) is 0 Å². The van der Waals surface area contributed by atoms with Crippen LogP contribution < -0.4 is 10.6 Å². The molecule has 0 saturated carbocycles. The van der Waals surface area contributed by atoms with E-state index in [2.05, 4.69) is 0 Å². The Labute approximate surface area is 106 Å². The number of amides is 1. The Kier molecular flexibility index (Phi) is 4.03. The van der Waals surface area contributed by atoms with Crippen molar-refractivity contribution in [3.05, 3.63) is 34.4 Å². The topological polar surface area (TPSA) is 89.5 Å². The molecule has 0 aliphatic heterocycles. The molecule has 1 unspecified atom stereocenters. The lowest BCUT2D eigenvalue weighted by molar-refractivity contribution is -0.384. The van der Waals surface area contributed by atoms with Crippen LogP contribution in [0.25, 0.3) is 0 Å². The van der Waals surface area contributed by atoms with Crippen molar-refractivity contribution in [3.8, 4) is 0 Å². The third-order valence-electron chi connectivity index (χ3n) is 2.98. The average Bonchev–Trinajstić information content (AvgIpc) is 2.37. The number of nitrogens with two attached hydrogens (primary N) is 1. The smallest absolute Gasteiger partial charge is 0.269 e. The van der Waals surface area contributed by atoms with Crippen LogP contribution in [0.15, 0.2) is 24.3 Å². The lowest BCUT2D eigenvalue weighted by atomic mass is 9.98. The van der Waals surface area contributed by atoms with Gasteiger partial charge in [0.1, 0.15) is 0 Å². The van der Waals surface area contributed by atoms with Gasteiger partial charge < -0.3 is 10.6 Å². The van der Waals surface area contributed by atoms with Crippen LogP contribution in [-0.2, 0) is 4.79 Å². The summed E-state index contributed by atoms with van der Waals surface area (Å²) >= 11 is 0. The molecule has 0 heterocycles. The summed E-state index contributed by atoms with van der Waals surface area (Å²) in [5, 5.41) is 10.5. The first-order chi connectivity index (χ1) is 8.29. The number of nitro benzene ring substituents is 1. The number of hydrogen-bond acceptors (Lipinski definition) is 4. The van der Waals surface area contributed by atoms with Gasteiger partial charge in [0.15, 0.2) is 0 Å². The zero-order chi connectivity index (χ0) is 13.9. The van der Waals surface area contributed by atoms with Crippen LogP contribution in [-0.4, -0.2) is 23.4 Å². The Morgan fingerprint density at radius 3 is 2.33 bits per heavy atom. The standard InChI is InChI=1S/C12H17N3O3/c1-4-12(2,13)11(16)14(3)9-5-7-10(8-6-9)15(17)18/h5-8H,4,13H2,1-3H3. The van der Waals surface area contributed by atoms with Gasteiger partial charge in [0.25, 0.3) is 5.69 Å². The minimum atomic E-state index is -0.934. The maximum absolute atomic E-state index is 12.1. The van der Waals surface area contributed by atoms with Gasteiger partial charge >= 0.3 is 0 Å². The normalized spacial score (nSPS) is 13.8. The molecule has 2 N–H and O–H groups in total. The first-order valence-electron chi connectivity index (χ1n) is 5.61. The summed E-state index contributed by atoms with van der Waals surface area (Å²) < 4.78 is 0. The summed E-state index contributed by atoms with van der Waals surface area (Å²) in [5.74, 6) is -0.223. The van der Waals surface area contributed by atoms with Crippen molar-refractivity contribution in [1.29, 1.82) is 0 Å². The number of benzene rings is 1. The van der Waals surface area contributed by atoms with E-state index in [-0.39, 0.29) is 11.6 Å². The first-order valence-corrected chi connectivity index (χ1v) is 5.61. The zero-order valence-electron chi connectivity index (χ0n) is 10.7. The van der Waals surface area contributed by atoms with E-state index < -0.39 is 10.5 Å². The number of anilines is 1. The van der Waals surface area contributed by atoms with Gasteiger partial charge in [0.2, 0.25) is 5.91 Å². The van der Waals surface area contributed by atoms with Gasteiger partial charge in [-0.05, 0) is 25.5 Å². The molecule has 0 fully saturated rings. The lowest BCUT2D eigenvalue weighted by Crippen LogP contribution is -2.51. The average molecular weight is 251 g/mol. The molecule has 0 radical (unpaired) electrons. The molecule has 0 aliphatic carbocycles. The summed E-state index contributed by atoms with van der Waals surface area (Å²) in [5.41, 5.74) is 5.51. The SMILES string of the molecule is CCC(C)(N)C(=O)N(C)c1ccc([N+](=O)[O-])cc1. The van der Waals surface area contributed by atoms with Crippen molar-refractivity contribution in [2.75, 3.05) is 11.9 Å². The predicted molar refractivity (Wildman–Crippen MR) is 69.4 cm³/mol. The van der Waals surface area contributed by atoms with Crippen LogP contribution >= 0.6 is 0 Å². The fraction of sp³-hybridized carbons (Fsp3) is 0.417. The summed E-state index contributed by atoms with van der Waals surface area (Å²) in [7, 11) is 1.60. The minimum absolute atomic E-state index is 0.00870. The highest BCUT2D eigenvalue weighted by atomic mass is 16.6. The summed E-state index contributed by atoms with van der Waals surface area (Å²) in [6, 6.07) is 5.78. The molecule has 98 valence electrons. The Balaban J connectivity index is 2.94. The van der Waals surface area contributed by atoms with Crippen LogP contribution in [0.1, 0.15) is 20.3 Å². The number of nitro groups is 1. The largest absolute Gasteiger partial charge is 0.318 e. The van der Waals surface area contributed by atoms with Gasteiger partial charge in [-0.15, -0.1) is 0 Å². The number of hydrogen-bond donors (Lipinski definition) is 1. The highest BCUT2D eigenvalue weighted by molar-refractivity contribution is 5.99. The molecule has 6 nitrogen and oxygen atoms in total. The van der Waals surface area contributed by atoms with E-state index in [0.717, 1.165) is 0 Å². The molecule has 0 aromatic heterocycles. The van der Waals surface area contributed by atoms with Crippen molar-refractivity contribution in [2.24, 2.45) is 5.73 Å². The highest BCUT2D eigenvalue weighted by Gasteiger charge is 2.29. The maximum Gasteiger partial charge on any atom is 0.269 e. The second-order valence-corrected chi connectivity index (χ2v) is 4.41. The summed E-state index contributed by atoms with van der Waals surface area (Å²) in [4.78, 5) is 23.5. The second-order valence-electron chi connectivity index (χ2n) is 4.41. The van der Waals surface area contributed by atoms with E-state index in [1.165, 1.54) is 29.2 Å². The number of carbonyl (C=O) groups is 1. The van der Waals surface area contributed by atoms with Crippen molar-refractivity contribution in [1.82, 2.24) is 0 Å². The van der Waals surface area contributed by atoms with E-state index >= 15 is 0 Å². The minimum Gasteiger partial charge on any atom is -0.318 e. The van der Waals surface area contributed by atoms with Crippen molar-refractivity contribution in [3.63, 3.8) is 0 Å². The number of non-ortho nitro benzene ring substituents is 1. The number of rotatable bonds is 4. The quantitative estimate of drug-likeness (QED) is 0.651. The molecule has 6 heteroatoms. The third kappa shape index (κ3) is 2.84. The third-order valence-corrected chi connectivity index (χ3v) is 2.98. The van der Waals surface area contributed by atoms with Crippen LogP contribution in [0.4, 0.5) is 11.4 Å². The molecule has 0 spiro atoms. The molecular formula is C12H17N3O3. The molecule has 0 bridgehead atoms. The summed E-state index contributed by atoms with van der Waals surface area (Å²) in [6.45, 7) is 3.50. The van der Waals surface area contributed by atoms with Gasteiger partial charge in [-0.1, -0.05) is 6.92 Å². The van der Waals surface area contributed by atoms with Gasteiger partial charge in [-0.3, -0.25) is 14.9 Å². The van der Waals surface area contributed by atoms with Crippen LogP contribution in [0.2, 0.25) is 0 Å². The van der Waals surface area contributed by atoms with E-state index in [1.54, 1.807) is 14.0 Å². The van der Waals surface area contributed by atoms with Crippen molar-refractivity contribution < 1.29 is 9.72 Å². The number of likely N-dealkylation sites (N-methyl/N-ethyl adjacent to an activating group) is 1. The molecule has 18 heavy (non-hydrogen) atoms. The van der Waals surface area contributed by atoms with E-state index in [0.29, 0.717) is 12.1 Å². The van der Waals surface area contributed by atoms with Crippen LogP contribution in [0.5, 0.6) is 0 Å². The molecule has 1 rings (SSSR count). The van der Waals surface area contributed by atoms with E-state index in [4.69, 9.17) is 5.73 Å². The Morgan fingerprint density at radius 1 is 1.44 bits per heavy atom. The van der Waals surface area contributed by atoms with Gasteiger partial charge in [-0.2, -0.15) is 0 Å². The second kappa shape index (κ2) is 5.14. The Hall–Kier alpha value is -1.95. The molecular weight excluding hydrogens is 234 g/mol. The molecule has 1 aromatic rings. The lowest BCUT2D eigenvalue weighted by Gasteiger charge is -2.28. The molecule has 1 atom stereocenters. The molecule has 0 saturated heterocycles. The van der Waals surface area contributed by atoms with Gasteiger partial charge in [0, 0.05) is 24.9 Å². The molecule has 1 aromatic carbocycles. The van der Waals surface area contributed by atoms with Crippen molar-refractivity contribution >= 4 is 17.3 Å². The van der Waals surface area contributed by atoms with Gasteiger partial charge in [0.05, 0.1) is 10.5 Å². The molecule has 1 amide bonds. The summed E-state index contributed by atoms with van der Waals surface area (Å²) in [6.07, 6.45) is 0.517.